The first-order chi connectivity index (χ1) is 16.6. The molecule has 0 spiro atoms. The average molecular weight is 456 g/mol. The maximum atomic E-state index is 13.9. The second-order valence-electron chi connectivity index (χ2n) is 7.94. The third-order valence-corrected chi connectivity index (χ3v) is 6.21. The van der Waals surface area contributed by atoms with E-state index in [1.807, 2.05) is 29.2 Å². The Morgan fingerprint density at radius 1 is 0.706 bits per heavy atom. The van der Waals surface area contributed by atoms with Crippen molar-refractivity contribution in [3.8, 4) is 17.2 Å². The molecule has 0 aliphatic carbocycles. The van der Waals surface area contributed by atoms with E-state index in [2.05, 4.69) is 0 Å². The minimum atomic E-state index is -0.416. The molecule has 0 N–H and O–H groups in total. The summed E-state index contributed by atoms with van der Waals surface area (Å²) in [5.41, 5.74) is 3.70. The summed E-state index contributed by atoms with van der Waals surface area (Å²) in [5, 5.41) is 0. The number of imide groups is 1. The van der Waals surface area contributed by atoms with Crippen LogP contribution in [0.1, 0.15) is 11.1 Å². The molecular weight excluding hydrogens is 432 g/mol. The number of carbonyl (C=O) groups is 2. The second-order valence-corrected chi connectivity index (χ2v) is 7.94. The largest absolute Gasteiger partial charge is 0.495 e. The first kappa shape index (κ1) is 21.6. The SMILES string of the molecule is COc1ccc(C2=C(N3CCc4ccccc43)C(=O)N(c3ccccc3OC)C2=O)cc1OC. The van der Waals surface area contributed by atoms with Gasteiger partial charge in [0.05, 0.1) is 32.6 Å². The van der Waals surface area contributed by atoms with Crippen LogP contribution in [0, 0.1) is 0 Å². The van der Waals surface area contributed by atoms with Gasteiger partial charge in [-0.3, -0.25) is 9.59 Å². The van der Waals surface area contributed by atoms with E-state index in [9.17, 15) is 9.59 Å². The van der Waals surface area contributed by atoms with Crippen molar-refractivity contribution in [2.45, 2.75) is 6.42 Å². The maximum absolute atomic E-state index is 13.9. The zero-order chi connectivity index (χ0) is 23.8. The van der Waals surface area contributed by atoms with Crippen molar-refractivity contribution < 1.29 is 23.8 Å². The Morgan fingerprint density at radius 3 is 2.12 bits per heavy atom. The number of methoxy groups -OCH3 is 3. The lowest BCUT2D eigenvalue weighted by Crippen LogP contribution is -2.35. The van der Waals surface area contributed by atoms with Gasteiger partial charge in [-0.1, -0.05) is 36.4 Å². The quantitative estimate of drug-likeness (QED) is 0.521. The fourth-order valence-electron chi connectivity index (χ4n) is 4.62. The number of hydrogen-bond donors (Lipinski definition) is 0. The summed E-state index contributed by atoms with van der Waals surface area (Å²) in [5.74, 6) is 0.652. The molecule has 7 heteroatoms. The van der Waals surface area contributed by atoms with E-state index < -0.39 is 11.8 Å². The van der Waals surface area contributed by atoms with Crippen LogP contribution in [0.3, 0.4) is 0 Å². The van der Waals surface area contributed by atoms with Crippen molar-refractivity contribution in [1.82, 2.24) is 0 Å². The van der Waals surface area contributed by atoms with Gasteiger partial charge < -0.3 is 19.1 Å². The molecule has 2 amide bonds. The number of ether oxygens (including phenoxy) is 3. The minimum Gasteiger partial charge on any atom is -0.495 e. The number of anilines is 2. The Kier molecular flexibility index (Phi) is 5.45. The predicted octanol–water partition coefficient (Wildman–Crippen LogP) is 4.06. The van der Waals surface area contributed by atoms with E-state index >= 15 is 0 Å². The summed E-state index contributed by atoms with van der Waals surface area (Å²) in [7, 11) is 4.61. The first-order valence-corrected chi connectivity index (χ1v) is 10.9. The molecular formula is C27H24N2O5. The predicted molar refractivity (Wildman–Crippen MR) is 129 cm³/mol. The molecule has 172 valence electrons. The van der Waals surface area contributed by atoms with Gasteiger partial charge in [0.2, 0.25) is 0 Å². The Balaban J connectivity index is 1.71. The number of rotatable bonds is 6. The standard InChI is InChI=1S/C27H24N2O5/c1-32-21-11-7-6-10-20(21)29-26(30)24(18-12-13-22(33-2)23(16-18)34-3)25(27(29)31)28-15-14-17-8-4-5-9-19(17)28/h4-13,16H,14-15H2,1-3H3. The first-order valence-electron chi connectivity index (χ1n) is 10.9. The molecule has 34 heavy (non-hydrogen) atoms. The van der Waals surface area contributed by atoms with E-state index in [1.54, 1.807) is 49.6 Å². The third-order valence-electron chi connectivity index (χ3n) is 6.21. The van der Waals surface area contributed by atoms with Crippen molar-refractivity contribution in [1.29, 1.82) is 0 Å². The molecule has 2 aliphatic rings. The molecule has 2 heterocycles. The summed E-state index contributed by atoms with van der Waals surface area (Å²) in [4.78, 5) is 31.0. The highest BCUT2D eigenvalue weighted by Crippen LogP contribution is 2.43. The molecule has 0 unspecified atom stereocenters. The van der Waals surface area contributed by atoms with Gasteiger partial charge in [-0.05, 0) is 47.9 Å². The fourth-order valence-corrected chi connectivity index (χ4v) is 4.62. The molecule has 0 bridgehead atoms. The van der Waals surface area contributed by atoms with E-state index in [1.165, 1.54) is 19.1 Å². The fraction of sp³-hybridized carbons (Fsp3) is 0.185. The molecule has 0 radical (unpaired) electrons. The third kappa shape index (κ3) is 3.28. The lowest BCUT2D eigenvalue weighted by molar-refractivity contribution is -0.120. The molecule has 5 rings (SSSR count). The van der Waals surface area contributed by atoms with E-state index in [0.29, 0.717) is 46.3 Å². The van der Waals surface area contributed by atoms with Crippen molar-refractivity contribution in [3.05, 3.63) is 83.6 Å². The van der Waals surface area contributed by atoms with Crippen LogP contribution in [0.2, 0.25) is 0 Å². The van der Waals surface area contributed by atoms with Gasteiger partial charge in [0.1, 0.15) is 11.4 Å². The number of benzene rings is 3. The second kappa shape index (κ2) is 8.59. The van der Waals surface area contributed by atoms with E-state index in [4.69, 9.17) is 14.2 Å². The maximum Gasteiger partial charge on any atom is 0.282 e. The van der Waals surface area contributed by atoms with Crippen LogP contribution in [0.25, 0.3) is 5.57 Å². The lowest BCUT2D eigenvalue weighted by Gasteiger charge is -2.22. The van der Waals surface area contributed by atoms with Gasteiger partial charge in [0.25, 0.3) is 11.8 Å². The number of amides is 2. The Labute approximate surface area is 197 Å². The zero-order valence-corrected chi connectivity index (χ0v) is 19.2. The summed E-state index contributed by atoms with van der Waals surface area (Å²) in [6.07, 6.45) is 0.787. The highest BCUT2D eigenvalue weighted by molar-refractivity contribution is 6.46. The Bertz CT molecular complexity index is 1330. The Hall–Kier alpha value is -4.26. The van der Waals surface area contributed by atoms with Gasteiger partial charge >= 0.3 is 0 Å². The summed E-state index contributed by atoms with van der Waals surface area (Å²) in [6, 6.07) is 20.2. The van der Waals surface area contributed by atoms with Crippen molar-refractivity contribution in [3.63, 3.8) is 0 Å². The Morgan fingerprint density at radius 2 is 1.38 bits per heavy atom. The van der Waals surface area contributed by atoms with Gasteiger partial charge in [0.15, 0.2) is 11.5 Å². The summed E-state index contributed by atoms with van der Waals surface area (Å²) < 4.78 is 16.3. The molecule has 7 nitrogen and oxygen atoms in total. The van der Waals surface area contributed by atoms with Crippen LogP contribution < -0.4 is 24.0 Å². The number of fused-ring (bicyclic) bond motifs is 1. The molecule has 0 atom stereocenters. The molecule has 3 aromatic rings. The molecule has 3 aromatic carbocycles. The normalized spacial score (nSPS) is 15.1. The number of para-hydroxylation sites is 3. The minimum absolute atomic E-state index is 0.313. The highest BCUT2D eigenvalue weighted by Gasteiger charge is 2.45. The molecule has 0 aromatic heterocycles. The highest BCUT2D eigenvalue weighted by atomic mass is 16.5. The molecule has 0 saturated heterocycles. The lowest BCUT2D eigenvalue weighted by atomic mass is 10.0. The van der Waals surface area contributed by atoms with Crippen LogP contribution in [0.15, 0.2) is 72.4 Å². The smallest absolute Gasteiger partial charge is 0.282 e. The van der Waals surface area contributed by atoms with Gasteiger partial charge in [-0.25, -0.2) is 4.90 Å². The topological polar surface area (TPSA) is 68.3 Å². The number of carbonyl (C=O) groups excluding carboxylic acids is 2. The van der Waals surface area contributed by atoms with Gasteiger partial charge in [-0.2, -0.15) is 0 Å². The molecule has 0 fully saturated rings. The zero-order valence-electron chi connectivity index (χ0n) is 19.2. The molecule has 2 aliphatic heterocycles. The van der Waals surface area contributed by atoms with Crippen molar-refractivity contribution in [2.75, 3.05) is 37.7 Å². The van der Waals surface area contributed by atoms with Gasteiger partial charge in [0, 0.05) is 12.2 Å². The number of hydrogen-bond acceptors (Lipinski definition) is 6. The van der Waals surface area contributed by atoms with Crippen LogP contribution in [-0.2, 0) is 16.0 Å². The van der Waals surface area contributed by atoms with Crippen LogP contribution in [0.4, 0.5) is 11.4 Å². The summed E-state index contributed by atoms with van der Waals surface area (Å²) in [6.45, 7) is 0.601. The average Bonchev–Trinajstić information content (AvgIpc) is 3.41. The van der Waals surface area contributed by atoms with Gasteiger partial charge in [-0.15, -0.1) is 0 Å². The van der Waals surface area contributed by atoms with Crippen LogP contribution >= 0.6 is 0 Å². The van der Waals surface area contributed by atoms with Crippen molar-refractivity contribution in [2.24, 2.45) is 0 Å². The molecule has 0 saturated carbocycles. The number of nitrogens with zero attached hydrogens (tertiary/aromatic N) is 2. The van der Waals surface area contributed by atoms with E-state index in [-0.39, 0.29) is 0 Å². The van der Waals surface area contributed by atoms with Crippen LogP contribution in [-0.4, -0.2) is 39.7 Å². The van der Waals surface area contributed by atoms with E-state index in [0.717, 1.165) is 17.7 Å². The monoisotopic (exact) mass is 456 g/mol. The summed E-state index contributed by atoms with van der Waals surface area (Å²) >= 11 is 0. The van der Waals surface area contributed by atoms with Crippen molar-refractivity contribution >= 4 is 28.8 Å². The van der Waals surface area contributed by atoms with Crippen LogP contribution in [0.5, 0.6) is 17.2 Å².